The number of benzene rings is 1. The highest BCUT2D eigenvalue weighted by Gasteiger charge is 2.21. The number of hydrogen-bond acceptors (Lipinski definition) is 5. The van der Waals surface area contributed by atoms with Crippen LogP contribution >= 0.6 is 0 Å². The topological polar surface area (TPSA) is 65.0 Å². The van der Waals surface area contributed by atoms with Crippen molar-refractivity contribution < 1.29 is 8.42 Å². The van der Waals surface area contributed by atoms with Crippen molar-refractivity contribution in [3.8, 4) is 0 Å². The number of sulfonamides is 1. The minimum atomic E-state index is -3.43. The Morgan fingerprint density at radius 1 is 1.35 bits per heavy atom. The highest BCUT2D eigenvalue weighted by atomic mass is 32.2. The summed E-state index contributed by atoms with van der Waals surface area (Å²) in [4.78, 5) is 6.68. The molecule has 7 heteroatoms. The summed E-state index contributed by atoms with van der Waals surface area (Å²) < 4.78 is 25.8. The SMILES string of the molecule is CN1CCN=C1NCc1ccccc1S(=O)(=O)N(C)C. The largest absolute Gasteiger partial charge is 0.352 e. The summed E-state index contributed by atoms with van der Waals surface area (Å²) >= 11 is 0. The van der Waals surface area contributed by atoms with E-state index in [0.29, 0.717) is 11.4 Å². The molecule has 20 heavy (non-hydrogen) atoms. The Morgan fingerprint density at radius 2 is 2.05 bits per heavy atom. The first-order chi connectivity index (χ1) is 9.43. The Bertz CT molecular complexity index is 611. The van der Waals surface area contributed by atoms with Crippen molar-refractivity contribution >= 4 is 16.0 Å². The molecule has 0 aliphatic carbocycles. The predicted octanol–water partition coefficient (Wildman–Crippen LogP) is 0.328. The third-order valence-electron chi connectivity index (χ3n) is 3.23. The van der Waals surface area contributed by atoms with Gasteiger partial charge >= 0.3 is 0 Å². The zero-order chi connectivity index (χ0) is 14.8. The molecule has 2 rings (SSSR count). The lowest BCUT2D eigenvalue weighted by Gasteiger charge is -2.18. The molecule has 0 bridgehead atoms. The second kappa shape index (κ2) is 5.80. The lowest BCUT2D eigenvalue weighted by atomic mass is 10.2. The minimum Gasteiger partial charge on any atom is -0.352 e. The van der Waals surface area contributed by atoms with Crippen LogP contribution in [0.2, 0.25) is 0 Å². The van der Waals surface area contributed by atoms with Gasteiger partial charge in [0, 0.05) is 34.2 Å². The highest BCUT2D eigenvalue weighted by Crippen LogP contribution is 2.18. The van der Waals surface area contributed by atoms with Gasteiger partial charge in [-0.3, -0.25) is 4.99 Å². The van der Waals surface area contributed by atoms with Crippen LogP contribution in [-0.4, -0.2) is 57.8 Å². The van der Waals surface area contributed by atoms with E-state index in [1.807, 2.05) is 24.1 Å². The normalized spacial score (nSPS) is 15.6. The Hall–Kier alpha value is -1.60. The van der Waals surface area contributed by atoms with E-state index in [4.69, 9.17) is 0 Å². The molecule has 110 valence electrons. The van der Waals surface area contributed by atoms with Gasteiger partial charge in [-0.2, -0.15) is 0 Å². The molecule has 1 N–H and O–H groups in total. The van der Waals surface area contributed by atoms with Gasteiger partial charge in [-0.25, -0.2) is 12.7 Å². The average Bonchev–Trinajstić information content (AvgIpc) is 2.82. The zero-order valence-electron chi connectivity index (χ0n) is 12.0. The van der Waals surface area contributed by atoms with Crippen LogP contribution in [0.1, 0.15) is 5.56 Å². The quantitative estimate of drug-likeness (QED) is 0.869. The zero-order valence-corrected chi connectivity index (χ0v) is 12.8. The number of hydrogen-bond donors (Lipinski definition) is 1. The maximum Gasteiger partial charge on any atom is 0.242 e. The van der Waals surface area contributed by atoms with Crippen molar-refractivity contribution in [2.75, 3.05) is 34.2 Å². The molecule has 0 fully saturated rings. The third-order valence-corrected chi connectivity index (χ3v) is 5.14. The van der Waals surface area contributed by atoms with Gasteiger partial charge in [0.1, 0.15) is 0 Å². The maximum absolute atomic E-state index is 12.3. The van der Waals surface area contributed by atoms with E-state index < -0.39 is 10.0 Å². The van der Waals surface area contributed by atoms with Crippen molar-refractivity contribution in [1.29, 1.82) is 0 Å². The van der Waals surface area contributed by atoms with Crippen LogP contribution in [0.5, 0.6) is 0 Å². The summed E-state index contributed by atoms with van der Waals surface area (Å²) in [6, 6.07) is 7.02. The summed E-state index contributed by atoms with van der Waals surface area (Å²) in [5, 5.41) is 3.19. The molecule has 0 radical (unpaired) electrons. The van der Waals surface area contributed by atoms with Crippen LogP contribution in [0, 0.1) is 0 Å². The number of rotatable bonds is 4. The molecule has 1 aliphatic rings. The highest BCUT2D eigenvalue weighted by molar-refractivity contribution is 7.89. The van der Waals surface area contributed by atoms with Crippen LogP contribution < -0.4 is 5.32 Å². The molecule has 0 spiro atoms. The number of likely N-dealkylation sites (N-methyl/N-ethyl adjacent to an activating group) is 1. The van der Waals surface area contributed by atoms with E-state index in [2.05, 4.69) is 10.3 Å². The Kier molecular flexibility index (Phi) is 4.29. The monoisotopic (exact) mass is 296 g/mol. The predicted molar refractivity (Wildman–Crippen MR) is 79.1 cm³/mol. The molecule has 0 aromatic heterocycles. The molecule has 0 atom stereocenters. The molecule has 1 heterocycles. The lowest BCUT2D eigenvalue weighted by Crippen LogP contribution is -2.35. The average molecular weight is 296 g/mol. The van der Waals surface area contributed by atoms with Crippen molar-refractivity contribution in [3.05, 3.63) is 29.8 Å². The molecular formula is C13H20N4O2S. The van der Waals surface area contributed by atoms with Gasteiger partial charge in [0.2, 0.25) is 10.0 Å². The van der Waals surface area contributed by atoms with Crippen molar-refractivity contribution in [2.24, 2.45) is 4.99 Å². The van der Waals surface area contributed by atoms with Gasteiger partial charge in [0.25, 0.3) is 0 Å². The van der Waals surface area contributed by atoms with E-state index >= 15 is 0 Å². The van der Waals surface area contributed by atoms with Crippen molar-refractivity contribution in [1.82, 2.24) is 14.5 Å². The minimum absolute atomic E-state index is 0.332. The number of aliphatic imine (C=N–C) groups is 1. The van der Waals surface area contributed by atoms with E-state index in [-0.39, 0.29) is 0 Å². The first kappa shape index (κ1) is 14.8. The van der Waals surface area contributed by atoms with E-state index in [1.165, 1.54) is 18.4 Å². The molecule has 0 unspecified atom stereocenters. The summed E-state index contributed by atoms with van der Waals surface area (Å²) in [7, 11) is 1.60. The van der Waals surface area contributed by atoms with E-state index in [9.17, 15) is 8.42 Å². The number of nitrogens with one attached hydrogen (secondary N) is 1. The van der Waals surface area contributed by atoms with E-state index in [1.54, 1.807) is 12.1 Å². The van der Waals surface area contributed by atoms with Gasteiger partial charge in [0.15, 0.2) is 5.96 Å². The first-order valence-corrected chi connectivity index (χ1v) is 7.87. The molecule has 0 saturated heterocycles. The van der Waals surface area contributed by atoms with Gasteiger partial charge in [-0.15, -0.1) is 0 Å². The molecule has 1 aromatic rings. The van der Waals surface area contributed by atoms with Crippen LogP contribution in [-0.2, 0) is 16.6 Å². The van der Waals surface area contributed by atoms with E-state index in [0.717, 1.165) is 24.6 Å². The molecule has 1 aromatic carbocycles. The van der Waals surface area contributed by atoms with Gasteiger partial charge in [-0.1, -0.05) is 18.2 Å². The Labute approximate surface area is 120 Å². The van der Waals surface area contributed by atoms with Crippen LogP contribution in [0.25, 0.3) is 0 Å². The second-order valence-corrected chi connectivity index (χ2v) is 7.00. The van der Waals surface area contributed by atoms with Crippen molar-refractivity contribution in [3.63, 3.8) is 0 Å². The molecule has 6 nitrogen and oxygen atoms in total. The Morgan fingerprint density at radius 3 is 2.65 bits per heavy atom. The van der Waals surface area contributed by atoms with Gasteiger partial charge in [0.05, 0.1) is 11.4 Å². The van der Waals surface area contributed by atoms with Crippen LogP contribution in [0.15, 0.2) is 34.2 Å². The fourth-order valence-corrected chi connectivity index (χ4v) is 3.11. The number of guanidine groups is 1. The second-order valence-electron chi connectivity index (χ2n) is 4.88. The lowest BCUT2D eigenvalue weighted by molar-refractivity contribution is 0.518. The maximum atomic E-state index is 12.3. The summed E-state index contributed by atoms with van der Waals surface area (Å²) in [6.07, 6.45) is 0. The summed E-state index contributed by atoms with van der Waals surface area (Å²) in [5.41, 5.74) is 0.740. The van der Waals surface area contributed by atoms with Gasteiger partial charge in [-0.05, 0) is 11.6 Å². The van der Waals surface area contributed by atoms with Gasteiger partial charge < -0.3 is 10.2 Å². The summed E-state index contributed by atoms with van der Waals surface area (Å²) in [6.45, 7) is 2.10. The Balaban J connectivity index is 2.21. The fourth-order valence-electron chi connectivity index (χ4n) is 2.00. The standard InChI is InChI=1S/C13H20N4O2S/c1-16(2)20(18,19)12-7-5-4-6-11(12)10-15-13-14-8-9-17(13)3/h4-7H,8-10H2,1-3H3,(H,14,15). The summed E-state index contributed by atoms with van der Waals surface area (Å²) in [5.74, 6) is 0.807. The number of nitrogens with zero attached hydrogens (tertiary/aromatic N) is 3. The van der Waals surface area contributed by atoms with Crippen molar-refractivity contribution in [2.45, 2.75) is 11.4 Å². The smallest absolute Gasteiger partial charge is 0.242 e. The molecule has 0 saturated carbocycles. The third kappa shape index (κ3) is 2.94. The molecule has 1 aliphatic heterocycles. The molecule has 0 amide bonds. The molecular weight excluding hydrogens is 276 g/mol. The first-order valence-electron chi connectivity index (χ1n) is 6.43. The fraction of sp³-hybridized carbons (Fsp3) is 0.462. The van der Waals surface area contributed by atoms with Crippen LogP contribution in [0.3, 0.4) is 0 Å². The van der Waals surface area contributed by atoms with Crippen LogP contribution in [0.4, 0.5) is 0 Å².